The van der Waals surface area contributed by atoms with Crippen LogP contribution in [0.5, 0.6) is 0 Å². The summed E-state index contributed by atoms with van der Waals surface area (Å²) in [5.74, 6) is 0. The molecule has 2 nitrogen and oxygen atoms in total. The van der Waals surface area contributed by atoms with Crippen molar-refractivity contribution in [2.24, 2.45) is 0 Å². The summed E-state index contributed by atoms with van der Waals surface area (Å²) >= 11 is 5.86. The summed E-state index contributed by atoms with van der Waals surface area (Å²) in [7, 11) is 0. The molecule has 1 N–H and O–H groups in total. The summed E-state index contributed by atoms with van der Waals surface area (Å²) in [6.07, 6.45) is -4.53. The van der Waals surface area contributed by atoms with Crippen LogP contribution in [0.2, 0.25) is 5.02 Å². The van der Waals surface area contributed by atoms with Gasteiger partial charge in [-0.1, -0.05) is 23.7 Å². The minimum atomic E-state index is -4.53. The molecule has 0 amide bonds. The largest absolute Gasteiger partial charge is 0.417 e. The summed E-state index contributed by atoms with van der Waals surface area (Å²) < 4.78 is 51.8. The molecule has 1 atom stereocenters. The Hall–Kier alpha value is -0.560. The molecule has 0 aliphatic carbocycles. The maximum atomic E-state index is 13.3. The molecule has 0 aromatic heterocycles. The van der Waals surface area contributed by atoms with Gasteiger partial charge in [0.1, 0.15) is 6.67 Å². The van der Waals surface area contributed by atoms with Crippen LogP contribution >= 0.6 is 24.0 Å². The van der Waals surface area contributed by atoms with Crippen LogP contribution in [0.15, 0.2) is 18.2 Å². The van der Waals surface area contributed by atoms with Crippen molar-refractivity contribution >= 4 is 24.0 Å². The van der Waals surface area contributed by atoms with E-state index in [1.807, 2.05) is 4.90 Å². The molecular formula is C13H16Cl2F4N2. The van der Waals surface area contributed by atoms with Gasteiger partial charge in [0.15, 0.2) is 0 Å². The fourth-order valence-corrected chi connectivity index (χ4v) is 2.76. The molecule has 120 valence electrons. The van der Waals surface area contributed by atoms with Gasteiger partial charge in [-0.25, -0.2) is 4.39 Å². The Morgan fingerprint density at radius 2 is 1.86 bits per heavy atom. The zero-order valence-corrected chi connectivity index (χ0v) is 12.7. The Kier molecular flexibility index (Phi) is 6.71. The molecule has 1 saturated heterocycles. The van der Waals surface area contributed by atoms with E-state index in [2.05, 4.69) is 5.32 Å². The smallest absolute Gasteiger partial charge is 0.314 e. The summed E-state index contributed by atoms with van der Waals surface area (Å²) in [4.78, 5) is 1.82. The van der Waals surface area contributed by atoms with Crippen LogP contribution in [0.3, 0.4) is 0 Å². The fraction of sp³-hybridized carbons (Fsp3) is 0.538. The van der Waals surface area contributed by atoms with Gasteiger partial charge < -0.3 is 5.32 Å². The number of nitrogens with zero attached hydrogens (tertiary/aromatic N) is 1. The number of benzene rings is 1. The molecule has 0 bridgehead atoms. The van der Waals surface area contributed by atoms with Crippen LogP contribution in [0, 0.1) is 0 Å². The lowest BCUT2D eigenvalue weighted by atomic mass is 10.0. The Morgan fingerprint density at radius 1 is 1.24 bits per heavy atom. The Bertz CT molecular complexity index is 462. The topological polar surface area (TPSA) is 15.3 Å². The molecule has 21 heavy (non-hydrogen) atoms. The molecule has 1 aliphatic heterocycles. The van der Waals surface area contributed by atoms with E-state index in [1.54, 1.807) is 0 Å². The number of hydrogen-bond donors (Lipinski definition) is 1. The van der Waals surface area contributed by atoms with E-state index in [-0.39, 0.29) is 18.0 Å². The lowest BCUT2D eigenvalue weighted by molar-refractivity contribution is -0.137. The van der Waals surface area contributed by atoms with Crippen molar-refractivity contribution in [3.63, 3.8) is 0 Å². The molecule has 0 saturated carbocycles. The standard InChI is InChI=1S/C13H15ClF4N2.ClH/c14-12-9(2-1-3-10(12)13(16,17)18)11(8-15)20-6-4-19-5-7-20;/h1-3,11,19H,4-8H2;1H/t11-;/m1./s1. The first-order valence-corrected chi connectivity index (χ1v) is 6.69. The molecule has 0 spiro atoms. The highest BCUT2D eigenvalue weighted by Gasteiger charge is 2.35. The number of halogens is 6. The van der Waals surface area contributed by atoms with Crippen LogP contribution in [0.4, 0.5) is 17.6 Å². The van der Waals surface area contributed by atoms with E-state index in [0.29, 0.717) is 26.2 Å². The third-order valence-corrected chi connectivity index (χ3v) is 3.85. The van der Waals surface area contributed by atoms with Crippen molar-refractivity contribution in [2.45, 2.75) is 12.2 Å². The average Bonchev–Trinajstić information content (AvgIpc) is 2.41. The summed E-state index contributed by atoms with van der Waals surface area (Å²) in [6.45, 7) is 1.78. The number of rotatable bonds is 3. The Labute approximate surface area is 131 Å². The highest BCUT2D eigenvalue weighted by Crippen LogP contribution is 2.39. The fourth-order valence-electron chi connectivity index (χ4n) is 2.40. The van der Waals surface area contributed by atoms with Gasteiger partial charge in [-0.3, -0.25) is 4.90 Å². The lowest BCUT2D eigenvalue weighted by Gasteiger charge is -2.34. The number of hydrogen-bond acceptors (Lipinski definition) is 2. The maximum Gasteiger partial charge on any atom is 0.417 e. The molecule has 0 radical (unpaired) electrons. The third kappa shape index (κ3) is 4.22. The highest BCUT2D eigenvalue weighted by molar-refractivity contribution is 6.32. The first kappa shape index (κ1) is 18.5. The second-order valence-corrected chi connectivity index (χ2v) is 5.04. The van der Waals surface area contributed by atoms with Gasteiger partial charge in [-0.15, -0.1) is 12.4 Å². The number of nitrogens with one attached hydrogen (secondary N) is 1. The molecule has 1 fully saturated rings. The summed E-state index contributed by atoms with van der Waals surface area (Å²) in [5, 5.41) is 2.72. The lowest BCUT2D eigenvalue weighted by Crippen LogP contribution is -2.45. The van der Waals surface area contributed by atoms with E-state index >= 15 is 0 Å². The van der Waals surface area contributed by atoms with Crippen molar-refractivity contribution in [3.8, 4) is 0 Å². The van der Waals surface area contributed by atoms with Crippen LogP contribution in [0.1, 0.15) is 17.2 Å². The van der Waals surface area contributed by atoms with Crippen LogP contribution in [-0.4, -0.2) is 37.8 Å². The van der Waals surface area contributed by atoms with Gasteiger partial charge in [0.25, 0.3) is 0 Å². The van der Waals surface area contributed by atoms with Gasteiger partial charge in [0.2, 0.25) is 0 Å². The van der Waals surface area contributed by atoms with Crippen LogP contribution in [0.25, 0.3) is 0 Å². The monoisotopic (exact) mass is 346 g/mol. The van der Waals surface area contributed by atoms with E-state index in [1.165, 1.54) is 12.1 Å². The van der Waals surface area contributed by atoms with Crippen LogP contribution < -0.4 is 5.32 Å². The maximum absolute atomic E-state index is 13.3. The minimum Gasteiger partial charge on any atom is -0.314 e. The SMILES string of the molecule is Cl.FC[C@H](c1cccc(C(F)(F)F)c1Cl)N1CCNCC1. The molecule has 2 rings (SSSR count). The second-order valence-electron chi connectivity index (χ2n) is 4.66. The minimum absolute atomic E-state index is 0. The zero-order chi connectivity index (χ0) is 14.8. The van der Waals surface area contributed by atoms with Crippen molar-refractivity contribution in [1.82, 2.24) is 10.2 Å². The van der Waals surface area contributed by atoms with Crippen molar-refractivity contribution in [1.29, 1.82) is 0 Å². The van der Waals surface area contributed by atoms with E-state index < -0.39 is 29.5 Å². The van der Waals surface area contributed by atoms with Crippen molar-refractivity contribution in [3.05, 3.63) is 34.3 Å². The van der Waals surface area contributed by atoms with Gasteiger partial charge in [-0.05, 0) is 11.6 Å². The van der Waals surface area contributed by atoms with Gasteiger partial charge in [0.05, 0.1) is 16.6 Å². The Morgan fingerprint density at radius 3 is 2.38 bits per heavy atom. The van der Waals surface area contributed by atoms with Crippen molar-refractivity contribution in [2.75, 3.05) is 32.9 Å². The molecule has 1 aromatic rings. The Balaban J connectivity index is 0.00000220. The zero-order valence-electron chi connectivity index (χ0n) is 11.1. The first-order chi connectivity index (χ1) is 9.45. The predicted molar refractivity (Wildman–Crippen MR) is 76.9 cm³/mol. The molecule has 1 aromatic carbocycles. The molecular weight excluding hydrogens is 331 g/mol. The van der Waals surface area contributed by atoms with Gasteiger partial charge in [0, 0.05) is 26.2 Å². The van der Waals surface area contributed by atoms with E-state index in [4.69, 9.17) is 11.6 Å². The molecule has 8 heteroatoms. The number of alkyl halides is 4. The van der Waals surface area contributed by atoms with Gasteiger partial charge in [-0.2, -0.15) is 13.2 Å². The third-order valence-electron chi connectivity index (χ3n) is 3.43. The predicted octanol–water partition coefficient (Wildman–Crippen LogP) is 3.70. The number of piperazine rings is 1. The summed E-state index contributed by atoms with van der Waals surface area (Å²) in [6, 6.07) is 2.92. The molecule has 1 aliphatic rings. The first-order valence-electron chi connectivity index (χ1n) is 6.31. The highest BCUT2D eigenvalue weighted by atomic mass is 35.5. The van der Waals surface area contributed by atoms with E-state index in [0.717, 1.165) is 6.07 Å². The second kappa shape index (κ2) is 7.63. The summed E-state index contributed by atoms with van der Waals surface area (Å²) in [5.41, 5.74) is -0.712. The van der Waals surface area contributed by atoms with Crippen LogP contribution in [-0.2, 0) is 6.18 Å². The van der Waals surface area contributed by atoms with Crippen molar-refractivity contribution < 1.29 is 17.6 Å². The molecule has 0 unspecified atom stereocenters. The van der Waals surface area contributed by atoms with E-state index in [9.17, 15) is 17.6 Å². The van der Waals surface area contributed by atoms with Gasteiger partial charge >= 0.3 is 6.18 Å². The quantitative estimate of drug-likeness (QED) is 0.839. The normalized spacial score (nSPS) is 18.1. The average molecular weight is 347 g/mol. The molecule has 1 heterocycles.